The van der Waals surface area contributed by atoms with Gasteiger partial charge in [-0.05, 0) is 56.7 Å². The first-order chi connectivity index (χ1) is 17.3. The number of aryl methyl sites for hydroxylation is 1. The number of fused-ring (bicyclic) bond motifs is 1. The molecule has 1 saturated heterocycles. The first kappa shape index (κ1) is 26.9. The maximum atomic E-state index is 13.5. The van der Waals surface area contributed by atoms with E-state index in [9.17, 15) is 26.7 Å². The molecule has 4 rings (SSSR count). The lowest BCUT2D eigenvalue weighted by molar-refractivity contribution is 0.420. The summed E-state index contributed by atoms with van der Waals surface area (Å²) < 4.78 is 56.7. The smallest absolute Gasteiger partial charge is 0.286 e. The molecule has 1 aromatic carbocycles. The first-order valence-electron chi connectivity index (χ1n) is 12.1. The molecule has 0 amide bonds. The molecule has 1 fully saturated rings. The summed E-state index contributed by atoms with van der Waals surface area (Å²) in [7, 11) is -7.97. The minimum Gasteiger partial charge on any atom is -0.504 e. The average Bonchev–Trinajstić information content (AvgIpc) is 2.78. The van der Waals surface area contributed by atoms with E-state index in [4.69, 9.17) is 0 Å². The number of amidine groups is 1. The molecule has 0 spiro atoms. The summed E-state index contributed by atoms with van der Waals surface area (Å²) in [6.07, 6.45) is 4.44. The number of aromatic hydroxyl groups is 1. The Hall–Kier alpha value is -3.13. The van der Waals surface area contributed by atoms with Crippen LogP contribution in [0.2, 0.25) is 0 Å². The molecule has 12 nitrogen and oxygen atoms in total. The monoisotopic (exact) mass is 552 g/mol. The summed E-state index contributed by atoms with van der Waals surface area (Å²) in [5.74, 6) is -0.244. The van der Waals surface area contributed by atoms with Crippen molar-refractivity contribution in [1.29, 1.82) is 0 Å². The Labute approximate surface area is 216 Å². The molecular formula is C23H32N6O6S2. The van der Waals surface area contributed by atoms with Crippen molar-refractivity contribution in [2.45, 2.75) is 63.9 Å². The number of aromatic nitrogens is 2. The van der Waals surface area contributed by atoms with Gasteiger partial charge in [0, 0.05) is 24.8 Å². The predicted molar refractivity (Wildman–Crippen MR) is 143 cm³/mol. The molecule has 2 aliphatic heterocycles. The van der Waals surface area contributed by atoms with E-state index < -0.39 is 31.4 Å². The van der Waals surface area contributed by atoms with E-state index in [0.29, 0.717) is 13.0 Å². The second kappa shape index (κ2) is 9.97. The summed E-state index contributed by atoms with van der Waals surface area (Å²) in [5.41, 5.74) is -0.790. The Morgan fingerprint density at radius 3 is 2.65 bits per heavy atom. The molecule has 0 aliphatic carbocycles. The molecule has 1 unspecified atom stereocenters. The van der Waals surface area contributed by atoms with Crippen LogP contribution in [-0.4, -0.2) is 56.4 Å². The van der Waals surface area contributed by atoms with Crippen LogP contribution in [-0.2, 0) is 26.6 Å². The van der Waals surface area contributed by atoms with Crippen LogP contribution in [0.25, 0.3) is 0 Å². The highest BCUT2D eigenvalue weighted by Gasteiger charge is 2.33. The summed E-state index contributed by atoms with van der Waals surface area (Å²) in [6.45, 7) is 6.98. The zero-order chi connectivity index (χ0) is 27.1. The van der Waals surface area contributed by atoms with Crippen molar-refractivity contribution in [3.63, 3.8) is 0 Å². The molecule has 37 heavy (non-hydrogen) atoms. The fourth-order valence-corrected chi connectivity index (χ4v) is 6.15. The Morgan fingerprint density at radius 2 is 2.00 bits per heavy atom. The van der Waals surface area contributed by atoms with Gasteiger partial charge < -0.3 is 15.3 Å². The maximum Gasteiger partial charge on any atom is 0.286 e. The van der Waals surface area contributed by atoms with E-state index >= 15 is 0 Å². The van der Waals surface area contributed by atoms with Crippen molar-refractivity contribution in [3.8, 4) is 5.75 Å². The normalized spacial score (nSPS) is 19.2. The van der Waals surface area contributed by atoms with E-state index in [0.717, 1.165) is 31.6 Å². The van der Waals surface area contributed by atoms with Crippen LogP contribution in [0.15, 0.2) is 32.3 Å². The Kier molecular flexibility index (Phi) is 7.25. The minimum absolute atomic E-state index is 0.0504. The molecule has 0 saturated carbocycles. The Balaban J connectivity index is 1.85. The number of sulfonamides is 2. The molecule has 1 atom stereocenters. The fourth-order valence-electron chi connectivity index (χ4n) is 4.45. The Morgan fingerprint density at radius 1 is 1.27 bits per heavy atom. The average molecular weight is 553 g/mol. The van der Waals surface area contributed by atoms with Crippen LogP contribution in [0.4, 0.5) is 17.2 Å². The van der Waals surface area contributed by atoms with Gasteiger partial charge in [0.05, 0.1) is 11.9 Å². The van der Waals surface area contributed by atoms with Gasteiger partial charge >= 0.3 is 0 Å². The summed E-state index contributed by atoms with van der Waals surface area (Å²) in [5, 5.41) is 18.6. The van der Waals surface area contributed by atoms with Crippen LogP contribution < -0.4 is 20.5 Å². The van der Waals surface area contributed by atoms with Crippen molar-refractivity contribution in [3.05, 3.63) is 34.1 Å². The Bertz CT molecular complexity index is 1510. The number of hydrogen-bond donors (Lipinski definition) is 3. The van der Waals surface area contributed by atoms with E-state index in [1.165, 1.54) is 16.8 Å². The van der Waals surface area contributed by atoms with Crippen LogP contribution in [0, 0.1) is 5.92 Å². The molecule has 14 heteroatoms. The molecule has 0 radical (unpaired) electrons. The van der Waals surface area contributed by atoms with Gasteiger partial charge in [0.25, 0.3) is 15.6 Å². The number of nitrogens with one attached hydrogen (secondary N) is 2. The summed E-state index contributed by atoms with van der Waals surface area (Å²) in [4.78, 5) is 15.2. The highest BCUT2D eigenvalue weighted by molar-refractivity contribution is 7.92. The van der Waals surface area contributed by atoms with Gasteiger partial charge in [-0.3, -0.25) is 9.52 Å². The second-order valence-corrected chi connectivity index (χ2v) is 13.2. The third-order valence-electron chi connectivity index (χ3n) is 6.37. The number of hydrogen-bond acceptors (Lipinski definition) is 9. The van der Waals surface area contributed by atoms with E-state index in [2.05, 4.69) is 19.5 Å². The van der Waals surface area contributed by atoms with Crippen LogP contribution in [0.5, 0.6) is 5.75 Å². The number of piperidine rings is 1. The maximum absolute atomic E-state index is 13.5. The topological polar surface area (TPSA) is 163 Å². The van der Waals surface area contributed by atoms with Crippen molar-refractivity contribution < 1.29 is 21.9 Å². The quantitative estimate of drug-likeness (QED) is 0.468. The predicted octanol–water partition coefficient (Wildman–Crippen LogP) is 2.31. The molecule has 3 heterocycles. The zero-order valence-corrected chi connectivity index (χ0v) is 22.9. The molecule has 2 aromatic rings. The summed E-state index contributed by atoms with van der Waals surface area (Å²) in [6, 6.07) is 3.98. The van der Waals surface area contributed by atoms with Crippen molar-refractivity contribution in [2.24, 2.45) is 10.3 Å². The van der Waals surface area contributed by atoms with Crippen molar-refractivity contribution >= 4 is 43.1 Å². The van der Waals surface area contributed by atoms with Crippen molar-refractivity contribution in [2.75, 3.05) is 27.7 Å². The number of benzene rings is 1. The molecular weight excluding hydrogens is 520 g/mol. The zero-order valence-electron chi connectivity index (χ0n) is 21.2. The summed E-state index contributed by atoms with van der Waals surface area (Å²) >= 11 is 0. The SMILES string of the molecule is CC(C)CCn1nc(N2CCCCC2C)c(O)c(C2=NS(=O)(=O)c3cc(NS(C)(=O)=O)ccc3N2)c1=O. The third kappa shape index (κ3) is 5.74. The molecule has 2 aliphatic rings. The number of anilines is 3. The van der Waals surface area contributed by atoms with E-state index in [1.54, 1.807) is 0 Å². The van der Waals surface area contributed by atoms with Gasteiger partial charge in [0.2, 0.25) is 10.0 Å². The largest absolute Gasteiger partial charge is 0.504 e. The van der Waals surface area contributed by atoms with Crippen LogP contribution in [0.1, 0.15) is 52.0 Å². The third-order valence-corrected chi connectivity index (χ3v) is 8.29. The second-order valence-electron chi connectivity index (χ2n) is 9.92. The molecule has 3 N–H and O–H groups in total. The van der Waals surface area contributed by atoms with Crippen LogP contribution >= 0.6 is 0 Å². The fraction of sp³-hybridized carbons (Fsp3) is 0.522. The van der Waals surface area contributed by atoms with Crippen molar-refractivity contribution in [1.82, 2.24) is 9.78 Å². The van der Waals surface area contributed by atoms with Gasteiger partial charge in [-0.15, -0.1) is 9.50 Å². The van der Waals surface area contributed by atoms with Crippen LogP contribution in [0.3, 0.4) is 0 Å². The molecule has 0 bridgehead atoms. The minimum atomic E-state index is -4.34. The first-order valence-corrected chi connectivity index (χ1v) is 15.4. The lowest BCUT2D eigenvalue weighted by atomic mass is 10.0. The standard InChI is InChI=1S/C23H32N6O6S2/c1-14(2)10-12-29-23(31)19(20(30)22(25-29)28-11-6-5-7-15(28)3)21-24-17-9-8-16(26-36(4,32)33)13-18(17)37(34,35)27-21/h8-9,13-15,26,30H,5-7,10-12H2,1-4H3,(H,24,27). The highest BCUT2D eigenvalue weighted by atomic mass is 32.2. The van der Waals surface area contributed by atoms with Gasteiger partial charge in [0.15, 0.2) is 17.4 Å². The van der Waals surface area contributed by atoms with Gasteiger partial charge in [-0.25, -0.2) is 13.1 Å². The highest BCUT2D eigenvalue weighted by Crippen LogP contribution is 2.35. The van der Waals surface area contributed by atoms with E-state index in [-0.39, 0.29) is 52.0 Å². The van der Waals surface area contributed by atoms with E-state index in [1.807, 2.05) is 25.7 Å². The van der Waals surface area contributed by atoms with Gasteiger partial charge in [-0.2, -0.15) is 8.42 Å². The lowest BCUT2D eigenvalue weighted by Crippen LogP contribution is -2.41. The molecule has 1 aromatic heterocycles. The van der Waals surface area contributed by atoms with Gasteiger partial charge in [-0.1, -0.05) is 13.8 Å². The van der Waals surface area contributed by atoms with Gasteiger partial charge in [0.1, 0.15) is 10.5 Å². The molecule has 202 valence electrons. The lowest BCUT2D eigenvalue weighted by Gasteiger charge is -2.35. The number of nitrogens with zero attached hydrogens (tertiary/aromatic N) is 4. The number of rotatable bonds is 7.